The third-order valence-corrected chi connectivity index (χ3v) is 7.14. The van der Waals surface area contributed by atoms with Crippen LogP contribution in [0.15, 0.2) is 0 Å². The summed E-state index contributed by atoms with van der Waals surface area (Å²) in [4.78, 5) is 40.7. The van der Waals surface area contributed by atoms with Crippen molar-refractivity contribution in [3.05, 3.63) is 0 Å². The molecule has 2 unspecified atom stereocenters. The lowest BCUT2D eigenvalue weighted by Gasteiger charge is -2.34. The Kier molecular flexibility index (Phi) is 7.31. The molecule has 0 aromatic rings. The smallest absolute Gasteiger partial charge is 0.251 e. The number of nitrogens with zero attached hydrogens (tertiary/aromatic N) is 1. The quantitative estimate of drug-likeness (QED) is 0.450. The van der Waals surface area contributed by atoms with Crippen LogP contribution in [0.25, 0.3) is 0 Å². The highest BCUT2D eigenvalue weighted by atomic mass is 16.3. The molecule has 176 valence electrons. The van der Waals surface area contributed by atoms with Crippen molar-refractivity contribution in [2.45, 2.75) is 103 Å². The van der Waals surface area contributed by atoms with Gasteiger partial charge in [0.1, 0.15) is 6.04 Å². The minimum Gasteiger partial charge on any atom is -0.381 e. The normalized spacial score (nSPS) is 28.6. The zero-order chi connectivity index (χ0) is 22.9. The van der Waals surface area contributed by atoms with E-state index in [1.165, 1.54) is 0 Å². The standard InChI is InChI=1S/C23H40N4O4/c1-5-7-16(18(28)21(30)25-14-10-11-14)26-20(29)17-15-9-6-8-13(15)12-27(17)22(31)19(24)23(2,3)4/h13-19,28H,5-12,24H2,1-4H3,(H,25,30)(H,26,29)/t13-,15-,16-,17-,18?,19?/m0/s1. The molecule has 2 aliphatic carbocycles. The lowest BCUT2D eigenvalue weighted by molar-refractivity contribution is -0.143. The zero-order valence-electron chi connectivity index (χ0n) is 19.4. The molecule has 8 nitrogen and oxygen atoms in total. The molecule has 6 atom stereocenters. The first kappa shape index (κ1) is 24.0. The Hall–Kier alpha value is -1.67. The summed E-state index contributed by atoms with van der Waals surface area (Å²) >= 11 is 0. The van der Waals surface area contributed by atoms with Crippen LogP contribution in [0.4, 0.5) is 0 Å². The Bertz CT molecular complexity index is 688. The number of rotatable bonds is 8. The van der Waals surface area contributed by atoms with Gasteiger partial charge in [0.25, 0.3) is 5.91 Å². The maximum Gasteiger partial charge on any atom is 0.251 e. The molecular formula is C23H40N4O4. The molecule has 2 saturated carbocycles. The summed E-state index contributed by atoms with van der Waals surface area (Å²) in [5.74, 6) is -0.494. The van der Waals surface area contributed by atoms with E-state index >= 15 is 0 Å². The van der Waals surface area contributed by atoms with Gasteiger partial charge in [0.05, 0.1) is 12.1 Å². The molecule has 3 amide bonds. The van der Waals surface area contributed by atoms with Crippen molar-refractivity contribution < 1.29 is 19.5 Å². The maximum absolute atomic E-state index is 13.4. The highest BCUT2D eigenvalue weighted by Crippen LogP contribution is 2.43. The second kappa shape index (κ2) is 9.45. The molecule has 0 radical (unpaired) electrons. The van der Waals surface area contributed by atoms with Crippen molar-refractivity contribution in [2.24, 2.45) is 23.0 Å². The van der Waals surface area contributed by atoms with E-state index in [0.717, 1.165) is 32.1 Å². The number of carbonyl (C=O) groups is 3. The zero-order valence-corrected chi connectivity index (χ0v) is 19.4. The summed E-state index contributed by atoms with van der Waals surface area (Å²) in [6.07, 6.45) is 4.73. The maximum atomic E-state index is 13.4. The highest BCUT2D eigenvalue weighted by Gasteiger charge is 2.51. The lowest BCUT2D eigenvalue weighted by atomic mass is 9.86. The number of nitrogens with two attached hydrogens (primary N) is 1. The van der Waals surface area contributed by atoms with Crippen LogP contribution < -0.4 is 16.4 Å². The number of amides is 3. The number of aliphatic hydroxyl groups excluding tert-OH is 1. The van der Waals surface area contributed by atoms with Gasteiger partial charge in [-0.25, -0.2) is 0 Å². The average Bonchev–Trinajstić information content (AvgIpc) is 3.26. The number of fused-ring (bicyclic) bond motifs is 1. The Morgan fingerprint density at radius 1 is 1.16 bits per heavy atom. The Morgan fingerprint density at radius 3 is 2.42 bits per heavy atom. The monoisotopic (exact) mass is 436 g/mol. The van der Waals surface area contributed by atoms with Crippen LogP contribution >= 0.6 is 0 Å². The summed E-state index contributed by atoms with van der Waals surface area (Å²) in [7, 11) is 0. The van der Waals surface area contributed by atoms with E-state index < -0.39 is 35.6 Å². The summed E-state index contributed by atoms with van der Waals surface area (Å²) in [6.45, 7) is 8.27. The number of hydrogen-bond donors (Lipinski definition) is 4. The van der Waals surface area contributed by atoms with Gasteiger partial charge in [0.15, 0.2) is 6.10 Å². The third kappa shape index (κ3) is 5.40. The van der Waals surface area contributed by atoms with E-state index in [9.17, 15) is 19.5 Å². The van der Waals surface area contributed by atoms with E-state index in [2.05, 4.69) is 10.6 Å². The second-order valence-electron chi connectivity index (χ2n) is 10.8. The molecular weight excluding hydrogens is 396 g/mol. The van der Waals surface area contributed by atoms with Crippen LogP contribution in [0.5, 0.6) is 0 Å². The second-order valence-corrected chi connectivity index (χ2v) is 10.8. The van der Waals surface area contributed by atoms with Gasteiger partial charge in [-0.3, -0.25) is 14.4 Å². The molecule has 0 aromatic heterocycles. The van der Waals surface area contributed by atoms with Gasteiger partial charge in [0.2, 0.25) is 11.8 Å². The van der Waals surface area contributed by atoms with Crippen molar-refractivity contribution in [3.63, 3.8) is 0 Å². The fraction of sp³-hybridized carbons (Fsp3) is 0.870. The van der Waals surface area contributed by atoms with Crippen LogP contribution in [0, 0.1) is 17.3 Å². The molecule has 3 rings (SSSR count). The molecule has 3 fully saturated rings. The predicted molar refractivity (Wildman–Crippen MR) is 118 cm³/mol. The molecule has 1 saturated heterocycles. The van der Waals surface area contributed by atoms with Gasteiger partial charge in [-0.1, -0.05) is 40.5 Å². The van der Waals surface area contributed by atoms with Gasteiger partial charge in [-0.15, -0.1) is 0 Å². The molecule has 3 aliphatic rings. The number of aliphatic hydroxyl groups is 1. The first-order valence-electron chi connectivity index (χ1n) is 11.9. The Labute approximate surface area is 185 Å². The Morgan fingerprint density at radius 2 is 1.84 bits per heavy atom. The van der Waals surface area contributed by atoms with Crippen LogP contribution in [-0.4, -0.2) is 64.5 Å². The molecule has 0 bridgehead atoms. The molecule has 5 N–H and O–H groups in total. The molecule has 1 aliphatic heterocycles. The fourth-order valence-corrected chi connectivity index (χ4v) is 5.00. The Balaban J connectivity index is 1.74. The number of hydrogen-bond acceptors (Lipinski definition) is 5. The van der Waals surface area contributed by atoms with E-state index in [0.29, 0.717) is 25.3 Å². The molecule has 8 heteroatoms. The van der Waals surface area contributed by atoms with Gasteiger partial charge >= 0.3 is 0 Å². The van der Waals surface area contributed by atoms with Gasteiger partial charge < -0.3 is 26.4 Å². The first-order chi connectivity index (χ1) is 14.5. The summed E-state index contributed by atoms with van der Waals surface area (Å²) in [5, 5.41) is 16.3. The average molecular weight is 437 g/mol. The lowest BCUT2D eigenvalue weighted by Crippen LogP contribution is -2.59. The first-order valence-corrected chi connectivity index (χ1v) is 11.9. The van der Waals surface area contributed by atoms with Crippen molar-refractivity contribution in [3.8, 4) is 0 Å². The van der Waals surface area contributed by atoms with Gasteiger partial charge in [-0.05, 0) is 49.4 Å². The van der Waals surface area contributed by atoms with Crippen molar-refractivity contribution in [1.82, 2.24) is 15.5 Å². The van der Waals surface area contributed by atoms with Crippen LogP contribution in [0.1, 0.15) is 72.6 Å². The summed E-state index contributed by atoms with van der Waals surface area (Å²) < 4.78 is 0. The largest absolute Gasteiger partial charge is 0.381 e. The van der Waals surface area contributed by atoms with Crippen molar-refractivity contribution >= 4 is 17.7 Å². The SMILES string of the molecule is CCC[C@H](NC(=O)[C@@H]1[C@H]2CCC[C@H]2CN1C(=O)C(N)C(C)(C)C)C(O)C(=O)NC1CC1. The van der Waals surface area contributed by atoms with Crippen LogP contribution in [0.2, 0.25) is 0 Å². The van der Waals surface area contributed by atoms with E-state index in [-0.39, 0.29) is 23.8 Å². The van der Waals surface area contributed by atoms with E-state index in [1.807, 2.05) is 27.7 Å². The number of nitrogens with one attached hydrogen (secondary N) is 2. The summed E-state index contributed by atoms with van der Waals surface area (Å²) in [6, 6.07) is -1.82. The molecule has 31 heavy (non-hydrogen) atoms. The van der Waals surface area contributed by atoms with Crippen molar-refractivity contribution in [1.29, 1.82) is 0 Å². The van der Waals surface area contributed by atoms with Gasteiger partial charge in [0, 0.05) is 12.6 Å². The summed E-state index contributed by atoms with van der Waals surface area (Å²) in [5.41, 5.74) is 5.86. The molecule has 0 spiro atoms. The van der Waals surface area contributed by atoms with Crippen molar-refractivity contribution in [2.75, 3.05) is 6.54 Å². The van der Waals surface area contributed by atoms with Gasteiger partial charge in [-0.2, -0.15) is 0 Å². The fourth-order valence-electron chi connectivity index (χ4n) is 5.00. The highest BCUT2D eigenvalue weighted by molar-refractivity contribution is 5.92. The minimum absolute atomic E-state index is 0.107. The number of likely N-dealkylation sites (tertiary alicyclic amines) is 1. The number of carbonyl (C=O) groups excluding carboxylic acids is 3. The minimum atomic E-state index is -1.30. The molecule has 0 aromatic carbocycles. The van der Waals surface area contributed by atoms with Crippen LogP contribution in [-0.2, 0) is 14.4 Å². The predicted octanol–water partition coefficient (Wildman–Crippen LogP) is 0.911. The van der Waals surface area contributed by atoms with E-state index in [4.69, 9.17) is 5.73 Å². The topological polar surface area (TPSA) is 125 Å². The van der Waals surface area contributed by atoms with E-state index in [1.54, 1.807) is 4.90 Å². The molecule has 1 heterocycles. The van der Waals surface area contributed by atoms with Crippen LogP contribution in [0.3, 0.4) is 0 Å². The third-order valence-electron chi connectivity index (χ3n) is 7.14.